The van der Waals surface area contributed by atoms with Gasteiger partial charge in [-0.25, -0.2) is 0 Å². The highest BCUT2D eigenvalue weighted by atomic mass is 32.1. The van der Waals surface area contributed by atoms with Crippen LogP contribution in [0.3, 0.4) is 0 Å². The van der Waals surface area contributed by atoms with Crippen LogP contribution in [0.25, 0.3) is 0 Å². The zero-order valence-corrected chi connectivity index (χ0v) is 12.6. The van der Waals surface area contributed by atoms with E-state index in [-0.39, 0.29) is 17.7 Å². The first-order valence-corrected chi connectivity index (χ1v) is 7.57. The number of likely N-dealkylation sites (N-methyl/N-ethyl adjacent to an activating group) is 1. The fraction of sp³-hybridized carbons (Fsp3) is 0.571. The van der Waals surface area contributed by atoms with Crippen LogP contribution < -0.4 is 0 Å². The molecule has 1 unspecified atom stereocenters. The molecule has 0 saturated carbocycles. The van der Waals surface area contributed by atoms with Gasteiger partial charge in [-0.3, -0.25) is 14.5 Å². The lowest BCUT2D eigenvalue weighted by atomic mass is 9.87. The van der Waals surface area contributed by atoms with Gasteiger partial charge in [-0.15, -0.1) is 11.3 Å². The van der Waals surface area contributed by atoms with Gasteiger partial charge in [-0.05, 0) is 17.4 Å². The smallest absolute Gasteiger partial charge is 0.306 e. The number of carbonyl (C=O) groups excluding carboxylic acids is 1. The summed E-state index contributed by atoms with van der Waals surface area (Å²) in [5, 5.41) is 10.9. The van der Waals surface area contributed by atoms with E-state index in [9.17, 15) is 9.59 Å². The summed E-state index contributed by atoms with van der Waals surface area (Å²) in [4.78, 5) is 27.8. The van der Waals surface area contributed by atoms with Gasteiger partial charge in [0.25, 0.3) is 0 Å². The first-order valence-electron chi connectivity index (χ1n) is 6.69. The van der Waals surface area contributed by atoms with E-state index in [0.29, 0.717) is 26.2 Å². The quantitative estimate of drug-likeness (QED) is 0.861. The molecule has 0 bridgehead atoms. The number of carbonyl (C=O) groups is 2. The maximum atomic E-state index is 12.1. The third kappa shape index (κ3) is 3.58. The van der Waals surface area contributed by atoms with Crippen molar-refractivity contribution < 1.29 is 14.7 Å². The van der Waals surface area contributed by atoms with E-state index >= 15 is 0 Å². The molecule has 0 aliphatic carbocycles. The Morgan fingerprint density at radius 2 is 2.25 bits per heavy atom. The Labute approximate surface area is 122 Å². The van der Waals surface area contributed by atoms with Crippen LogP contribution in [0.15, 0.2) is 17.5 Å². The van der Waals surface area contributed by atoms with Gasteiger partial charge < -0.3 is 10.0 Å². The molecule has 1 aromatic rings. The molecular formula is C14H20N2O3S. The highest BCUT2D eigenvalue weighted by Crippen LogP contribution is 2.23. The van der Waals surface area contributed by atoms with Gasteiger partial charge in [0.1, 0.15) is 0 Å². The summed E-state index contributed by atoms with van der Waals surface area (Å²) in [6.45, 7) is 4.15. The predicted octanol–water partition coefficient (Wildman–Crippen LogP) is 1.36. The van der Waals surface area contributed by atoms with E-state index in [1.54, 1.807) is 30.2 Å². The first-order chi connectivity index (χ1) is 9.47. The van der Waals surface area contributed by atoms with Crippen LogP contribution in [0, 0.1) is 11.8 Å². The number of carboxylic acids is 1. The summed E-state index contributed by atoms with van der Waals surface area (Å²) in [5.41, 5.74) is 0. The lowest BCUT2D eigenvalue weighted by molar-refractivity contribution is -0.146. The molecule has 1 amide bonds. The minimum atomic E-state index is -0.754. The van der Waals surface area contributed by atoms with Crippen LogP contribution >= 0.6 is 11.3 Å². The molecule has 2 rings (SSSR count). The third-order valence-electron chi connectivity index (χ3n) is 3.84. The predicted molar refractivity (Wildman–Crippen MR) is 77.5 cm³/mol. The van der Waals surface area contributed by atoms with Crippen LogP contribution in [-0.2, 0) is 16.1 Å². The molecule has 1 fully saturated rings. The van der Waals surface area contributed by atoms with Crippen LogP contribution in [-0.4, -0.2) is 53.5 Å². The monoisotopic (exact) mass is 296 g/mol. The maximum Gasteiger partial charge on any atom is 0.306 e. The van der Waals surface area contributed by atoms with E-state index in [1.807, 2.05) is 22.4 Å². The summed E-state index contributed by atoms with van der Waals surface area (Å²) < 4.78 is 0. The van der Waals surface area contributed by atoms with Crippen LogP contribution in [0.5, 0.6) is 0 Å². The van der Waals surface area contributed by atoms with Crippen molar-refractivity contribution in [2.24, 2.45) is 11.8 Å². The first kappa shape index (κ1) is 15.0. The fourth-order valence-electron chi connectivity index (χ4n) is 2.29. The zero-order valence-electron chi connectivity index (χ0n) is 11.8. The Hall–Kier alpha value is -1.40. The molecule has 1 atom stereocenters. The molecule has 1 saturated heterocycles. The fourth-order valence-corrected chi connectivity index (χ4v) is 3.05. The number of amides is 1. The van der Waals surface area contributed by atoms with Gasteiger partial charge in [0.2, 0.25) is 5.91 Å². The molecule has 0 aromatic carbocycles. The lowest BCUT2D eigenvalue weighted by Gasteiger charge is -2.41. The second-order valence-corrected chi connectivity index (χ2v) is 6.44. The average molecular weight is 296 g/mol. The summed E-state index contributed by atoms with van der Waals surface area (Å²) in [6, 6.07) is 3.99. The number of hydrogen-bond donors (Lipinski definition) is 1. The second-order valence-electron chi connectivity index (χ2n) is 5.41. The molecule has 1 aromatic heterocycles. The Morgan fingerprint density at radius 1 is 1.55 bits per heavy atom. The van der Waals surface area contributed by atoms with Crippen molar-refractivity contribution in [3.05, 3.63) is 22.4 Å². The van der Waals surface area contributed by atoms with Crippen molar-refractivity contribution >= 4 is 23.2 Å². The minimum absolute atomic E-state index is 0.0832. The molecule has 110 valence electrons. The Bertz CT molecular complexity index is 469. The summed E-state index contributed by atoms with van der Waals surface area (Å²) in [7, 11) is 1.80. The van der Waals surface area contributed by atoms with Gasteiger partial charge in [0.15, 0.2) is 0 Å². The molecule has 1 aliphatic heterocycles. The van der Waals surface area contributed by atoms with Gasteiger partial charge in [0, 0.05) is 25.0 Å². The van der Waals surface area contributed by atoms with E-state index in [4.69, 9.17) is 5.11 Å². The summed E-state index contributed by atoms with van der Waals surface area (Å²) in [6.07, 6.45) is 0. The summed E-state index contributed by atoms with van der Waals surface area (Å²) in [5.74, 6) is -0.830. The van der Waals surface area contributed by atoms with E-state index in [0.717, 1.165) is 0 Å². The summed E-state index contributed by atoms with van der Waals surface area (Å²) >= 11 is 1.64. The van der Waals surface area contributed by atoms with E-state index in [1.165, 1.54) is 4.88 Å². The topological polar surface area (TPSA) is 60.9 Å². The van der Waals surface area contributed by atoms with Crippen molar-refractivity contribution in [3.8, 4) is 0 Å². The van der Waals surface area contributed by atoms with Crippen molar-refractivity contribution in [3.63, 3.8) is 0 Å². The number of hydrogen-bond acceptors (Lipinski definition) is 4. The number of thiophene rings is 1. The molecule has 5 nitrogen and oxygen atoms in total. The third-order valence-corrected chi connectivity index (χ3v) is 4.70. The molecule has 1 N–H and O–H groups in total. The number of likely N-dealkylation sites (tertiary alicyclic amines) is 1. The molecule has 6 heteroatoms. The van der Waals surface area contributed by atoms with Crippen molar-refractivity contribution in [1.29, 1.82) is 0 Å². The number of aliphatic carboxylic acids is 1. The lowest BCUT2D eigenvalue weighted by Crippen LogP contribution is -2.53. The number of rotatable bonds is 6. The highest BCUT2D eigenvalue weighted by Gasteiger charge is 2.35. The van der Waals surface area contributed by atoms with Crippen molar-refractivity contribution in [1.82, 2.24) is 9.80 Å². The van der Waals surface area contributed by atoms with Gasteiger partial charge in [0.05, 0.1) is 19.0 Å². The highest BCUT2D eigenvalue weighted by molar-refractivity contribution is 7.09. The van der Waals surface area contributed by atoms with Crippen molar-refractivity contribution in [2.45, 2.75) is 13.5 Å². The SMILES string of the molecule is CC(C(=O)O)C1CN(CC(=O)N(C)Cc2cccs2)C1. The van der Waals surface area contributed by atoms with Crippen LogP contribution in [0.4, 0.5) is 0 Å². The standard InChI is InChI=1S/C14H20N2O3S/c1-10(14(18)19)11-6-16(7-11)9-13(17)15(2)8-12-4-3-5-20-12/h3-5,10-11H,6-9H2,1-2H3,(H,18,19). The molecular weight excluding hydrogens is 276 g/mol. The van der Waals surface area contributed by atoms with Crippen LogP contribution in [0.2, 0.25) is 0 Å². The van der Waals surface area contributed by atoms with Gasteiger partial charge in [-0.1, -0.05) is 13.0 Å². The second kappa shape index (κ2) is 6.37. The van der Waals surface area contributed by atoms with E-state index < -0.39 is 5.97 Å². The average Bonchev–Trinajstić information content (AvgIpc) is 2.84. The Balaban J connectivity index is 1.72. The minimum Gasteiger partial charge on any atom is -0.481 e. The zero-order chi connectivity index (χ0) is 14.7. The Kier molecular flexibility index (Phi) is 4.77. The largest absolute Gasteiger partial charge is 0.481 e. The number of carboxylic acid groups (broad SMARTS) is 1. The Morgan fingerprint density at radius 3 is 2.80 bits per heavy atom. The molecule has 1 aliphatic rings. The van der Waals surface area contributed by atoms with E-state index in [2.05, 4.69) is 0 Å². The van der Waals surface area contributed by atoms with Gasteiger partial charge in [-0.2, -0.15) is 0 Å². The maximum absolute atomic E-state index is 12.1. The van der Waals surface area contributed by atoms with Crippen LogP contribution in [0.1, 0.15) is 11.8 Å². The molecule has 0 spiro atoms. The normalized spacial score (nSPS) is 17.5. The van der Waals surface area contributed by atoms with Gasteiger partial charge >= 0.3 is 5.97 Å². The number of nitrogens with zero attached hydrogens (tertiary/aromatic N) is 2. The molecule has 20 heavy (non-hydrogen) atoms. The van der Waals surface area contributed by atoms with Crippen molar-refractivity contribution in [2.75, 3.05) is 26.7 Å². The molecule has 0 radical (unpaired) electrons. The molecule has 2 heterocycles.